The number of sulfonamides is 1. The highest BCUT2D eigenvalue weighted by atomic mass is 32.2. The van der Waals surface area contributed by atoms with E-state index in [4.69, 9.17) is 15.9 Å². The minimum Gasteiger partial charge on any atom is -0.382 e. The average molecular weight is 424 g/mol. The zero-order chi connectivity index (χ0) is 21.3. The number of nitrogen functional groups attached to an aromatic ring is 1. The molecule has 4 rings (SSSR count). The Kier molecular flexibility index (Phi) is 5.44. The fourth-order valence-electron chi connectivity index (χ4n) is 3.89. The van der Waals surface area contributed by atoms with Crippen LogP contribution in [0.15, 0.2) is 53.4 Å². The van der Waals surface area contributed by atoms with Crippen molar-refractivity contribution in [1.82, 2.24) is 14.5 Å². The third-order valence-electron chi connectivity index (χ3n) is 5.33. The van der Waals surface area contributed by atoms with Crippen LogP contribution in [0.25, 0.3) is 21.9 Å². The van der Waals surface area contributed by atoms with Crippen LogP contribution in [0.1, 0.15) is 31.2 Å². The van der Waals surface area contributed by atoms with Crippen molar-refractivity contribution in [1.29, 1.82) is 0 Å². The number of unbranched alkanes of at least 4 members (excludes halogenated alkanes) is 1. The van der Waals surface area contributed by atoms with Crippen LogP contribution in [0.2, 0.25) is 0 Å². The molecule has 0 aliphatic rings. The van der Waals surface area contributed by atoms with Crippen molar-refractivity contribution in [3.63, 3.8) is 0 Å². The summed E-state index contributed by atoms with van der Waals surface area (Å²) in [6.45, 7) is 2.70. The Morgan fingerprint density at radius 3 is 2.50 bits per heavy atom. The van der Waals surface area contributed by atoms with Gasteiger partial charge in [0, 0.05) is 18.4 Å². The van der Waals surface area contributed by atoms with Gasteiger partial charge in [0.1, 0.15) is 11.3 Å². The molecule has 7 nitrogen and oxygen atoms in total. The van der Waals surface area contributed by atoms with Crippen molar-refractivity contribution in [2.75, 3.05) is 5.73 Å². The number of imidazole rings is 1. The predicted octanol–water partition coefficient (Wildman–Crippen LogP) is 3.40. The van der Waals surface area contributed by atoms with Gasteiger partial charge in [-0.1, -0.05) is 49.7 Å². The van der Waals surface area contributed by atoms with Crippen LogP contribution in [-0.4, -0.2) is 23.0 Å². The number of pyridine rings is 1. The summed E-state index contributed by atoms with van der Waals surface area (Å²) in [5.41, 5.74) is 9.38. The van der Waals surface area contributed by atoms with Gasteiger partial charge < -0.3 is 10.3 Å². The van der Waals surface area contributed by atoms with Crippen LogP contribution in [0.4, 0.5) is 5.82 Å². The predicted molar refractivity (Wildman–Crippen MR) is 120 cm³/mol. The molecule has 0 atom stereocenters. The zero-order valence-electron chi connectivity index (χ0n) is 16.9. The lowest BCUT2D eigenvalue weighted by atomic mass is 10.1. The first kappa shape index (κ1) is 20.3. The molecule has 0 amide bonds. The van der Waals surface area contributed by atoms with Gasteiger partial charge >= 0.3 is 0 Å². The number of nitrogens with zero attached hydrogens (tertiary/aromatic N) is 3. The number of hydrogen-bond donors (Lipinski definition) is 2. The molecule has 4 aromatic rings. The molecule has 0 radical (unpaired) electrons. The molecule has 2 heterocycles. The lowest BCUT2D eigenvalue weighted by Crippen LogP contribution is -2.15. The Morgan fingerprint density at radius 1 is 1.00 bits per heavy atom. The summed E-state index contributed by atoms with van der Waals surface area (Å²) in [4.78, 5) is 9.49. The SMILES string of the molecule is CCCCc1nc2c(N)nc3ccccc3c2n1CCc1ccccc1S(N)(=O)=O. The van der Waals surface area contributed by atoms with E-state index in [0.717, 1.165) is 41.5 Å². The average Bonchev–Trinajstić information content (AvgIpc) is 3.09. The summed E-state index contributed by atoms with van der Waals surface area (Å²) in [7, 11) is -3.79. The first-order valence-electron chi connectivity index (χ1n) is 10.0. The van der Waals surface area contributed by atoms with Crippen molar-refractivity contribution in [2.45, 2.75) is 44.0 Å². The van der Waals surface area contributed by atoms with E-state index in [1.165, 1.54) is 0 Å². The number of rotatable bonds is 7. The van der Waals surface area contributed by atoms with E-state index in [1.54, 1.807) is 18.2 Å². The fourth-order valence-corrected chi connectivity index (χ4v) is 4.70. The van der Waals surface area contributed by atoms with Gasteiger partial charge in [-0.2, -0.15) is 0 Å². The molecule has 2 aromatic carbocycles. The highest BCUT2D eigenvalue weighted by Crippen LogP contribution is 2.30. The summed E-state index contributed by atoms with van der Waals surface area (Å²) in [6.07, 6.45) is 3.37. The summed E-state index contributed by atoms with van der Waals surface area (Å²) < 4.78 is 26.1. The van der Waals surface area contributed by atoms with Gasteiger partial charge in [0.2, 0.25) is 10.0 Å². The highest BCUT2D eigenvalue weighted by Gasteiger charge is 2.18. The van der Waals surface area contributed by atoms with E-state index < -0.39 is 10.0 Å². The topological polar surface area (TPSA) is 117 Å². The second-order valence-electron chi connectivity index (χ2n) is 7.40. The molecule has 8 heteroatoms. The molecular formula is C22H25N5O2S. The van der Waals surface area contributed by atoms with Crippen molar-refractivity contribution in [2.24, 2.45) is 5.14 Å². The van der Waals surface area contributed by atoms with Crippen LogP contribution in [-0.2, 0) is 29.4 Å². The maximum atomic E-state index is 12.0. The first-order chi connectivity index (χ1) is 14.4. The van der Waals surface area contributed by atoms with Gasteiger partial charge in [0.25, 0.3) is 0 Å². The summed E-state index contributed by atoms with van der Waals surface area (Å²) in [5, 5.41) is 6.40. The number of aryl methyl sites for hydroxylation is 3. The Labute approximate surface area is 175 Å². The zero-order valence-corrected chi connectivity index (χ0v) is 17.7. The number of fused-ring (bicyclic) bond motifs is 3. The Balaban J connectivity index is 1.85. The van der Waals surface area contributed by atoms with Crippen molar-refractivity contribution < 1.29 is 8.42 Å². The summed E-state index contributed by atoms with van der Waals surface area (Å²) in [6, 6.07) is 14.7. The molecule has 4 N–H and O–H groups in total. The van der Waals surface area contributed by atoms with E-state index in [-0.39, 0.29) is 4.90 Å². The van der Waals surface area contributed by atoms with E-state index in [1.807, 2.05) is 30.3 Å². The lowest BCUT2D eigenvalue weighted by molar-refractivity contribution is 0.594. The van der Waals surface area contributed by atoms with Gasteiger partial charge in [0.15, 0.2) is 5.82 Å². The molecule has 0 fully saturated rings. The number of anilines is 1. The van der Waals surface area contributed by atoms with Gasteiger partial charge in [0.05, 0.1) is 15.9 Å². The van der Waals surface area contributed by atoms with Crippen LogP contribution in [0.5, 0.6) is 0 Å². The molecule has 2 aromatic heterocycles. The molecule has 0 bridgehead atoms. The second kappa shape index (κ2) is 8.04. The number of nitrogens with two attached hydrogens (primary N) is 2. The maximum absolute atomic E-state index is 12.0. The maximum Gasteiger partial charge on any atom is 0.238 e. The summed E-state index contributed by atoms with van der Waals surface area (Å²) in [5.74, 6) is 1.34. The first-order valence-corrected chi connectivity index (χ1v) is 11.6. The molecule has 0 aliphatic heterocycles. The van der Waals surface area contributed by atoms with E-state index in [2.05, 4.69) is 16.5 Å². The molecule has 30 heavy (non-hydrogen) atoms. The lowest BCUT2D eigenvalue weighted by Gasteiger charge is -2.13. The third-order valence-corrected chi connectivity index (χ3v) is 6.34. The minimum atomic E-state index is -3.79. The van der Waals surface area contributed by atoms with Crippen LogP contribution in [0, 0.1) is 0 Å². The van der Waals surface area contributed by atoms with Crippen LogP contribution >= 0.6 is 0 Å². The fraction of sp³-hybridized carbons (Fsp3) is 0.273. The molecule has 0 aliphatic carbocycles. The summed E-state index contributed by atoms with van der Waals surface area (Å²) >= 11 is 0. The molecule has 0 spiro atoms. The Hall–Kier alpha value is -2.97. The number of hydrogen-bond acceptors (Lipinski definition) is 5. The van der Waals surface area contributed by atoms with E-state index in [9.17, 15) is 8.42 Å². The Bertz CT molecular complexity index is 1330. The molecule has 156 valence electrons. The monoisotopic (exact) mass is 423 g/mol. The van der Waals surface area contributed by atoms with Crippen LogP contribution in [0.3, 0.4) is 0 Å². The van der Waals surface area contributed by atoms with Gasteiger partial charge in [-0.05, 0) is 30.5 Å². The largest absolute Gasteiger partial charge is 0.382 e. The minimum absolute atomic E-state index is 0.163. The second-order valence-corrected chi connectivity index (χ2v) is 8.93. The smallest absolute Gasteiger partial charge is 0.238 e. The molecular weight excluding hydrogens is 398 g/mol. The Morgan fingerprint density at radius 2 is 1.73 bits per heavy atom. The molecule has 0 saturated carbocycles. The van der Waals surface area contributed by atoms with Gasteiger partial charge in [-0.3, -0.25) is 0 Å². The third kappa shape index (κ3) is 3.76. The number of benzene rings is 2. The number of primary sulfonamides is 1. The quantitative estimate of drug-likeness (QED) is 0.472. The van der Waals surface area contributed by atoms with Crippen molar-refractivity contribution in [3.05, 3.63) is 59.9 Å². The van der Waals surface area contributed by atoms with Gasteiger partial charge in [-0.25, -0.2) is 23.5 Å². The molecule has 0 unspecified atom stereocenters. The van der Waals surface area contributed by atoms with Crippen molar-refractivity contribution >= 4 is 37.8 Å². The normalized spacial score (nSPS) is 12.1. The van der Waals surface area contributed by atoms with Gasteiger partial charge in [-0.15, -0.1) is 0 Å². The van der Waals surface area contributed by atoms with Crippen molar-refractivity contribution in [3.8, 4) is 0 Å². The highest BCUT2D eigenvalue weighted by molar-refractivity contribution is 7.89. The standard InChI is InChI=1S/C22H25N5O2S/c1-2-3-12-19-26-20-21(16-9-5-6-10-17(16)25-22(20)23)27(19)14-13-15-8-4-7-11-18(15)30(24,28)29/h4-11H,2-3,12-14H2,1H3,(H2,23,25)(H2,24,28,29). The number of aromatic nitrogens is 3. The molecule has 0 saturated heterocycles. The number of para-hydroxylation sites is 1. The van der Waals surface area contributed by atoms with E-state index in [0.29, 0.717) is 29.9 Å². The van der Waals surface area contributed by atoms with E-state index >= 15 is 0 Å². The van der Waals surface area contributed by atoms with Crippen LogP contribution < -0.4 is 10.9 Å².